The maximum Gasteiger partial charge on any atom is 0.237 e. The van der Waals surface area contributed by atoms with E-state index >= 15 is 0 Å². The first-order valence-electron chi connectivity index (χ1n) is 7.25. The van der Waals surface area contributed by atoms with Gasteiger partial charge in [0.25, 0.3) is 0 Å². The maximum atomic E-state index is 11.5. The summed E-state index contributed by atoms with van der Waals surface area (Å²) in [6, 6.07) is 0.825. The molecule has 0 spiro atoms. The summed E-state index contributed by atoms with van der Waals surface area (Å²) in [5.41, 5.74) is 4.97. The van der Waals surface area contributed by atoms with Crippen LogP contribution >= 0.6 is 0 Å². The van der Waals surface area contributed by atoms with Crippen molar-refractivity contribution in [3.8, 4) is 0 Å². The van der Waals surface area contributed by atoms with Crippen LogP contribution in [0.25, 0.3) is 0 Å². The minimum atomic E-state index is -0.534. The average molecular weight is 255 g/mol. The van der Waals surface area contributed by atoms with Crippen molar-refractivity contribution in [1.29, 1.82) is 0 Å². The molecular formula is C14H29N3O. The Morgan fingerprint density at radius 3 is 2.61 bits per heavy atom. The van der Waals surface area contributed by atoms with Gasteiger partial charge in [0.1, 0.15) is 0 Å². The van der Waals surface area contributed by atoms with Gasteiger partial charge in [-0.2, -0.15) is 0 Å². The van der Waals surface area contributed by atoms with Crippen LogP contribution in [-0.2, 0) is 4.79 Å². The van der Waals surface area contributed by atoms with Crippen molar-refractivity contribution in [1.82, 2.24) is 10.2 Å². The number of hydrogen-bond donors (Lipinski definition) is 2. The highest BCUT2D eigenvalue weighted by Crippen LogP contribution is 2.25. The fourth-order valence-electron chi connectivity index (χ4n) is 2.24. The molecule has 4 heteroatoms. The predicted molar refractivity (Wildman–Crippen MR) is 75.4 cm³/mol. The summed E-state index contributed by atoms with van der Waals surface area (Å²) in [6.07, 6.45) is 6.76. The normalized spacial score (nSPS) is 18.9. The molecule has 1 saturated carbocycles. The third-order valence-electron chi connectivity index (χ3n) is 3.92. The second-order valence-corrected chi connectivity index (χ2v) is 5.79. The zero-order valence-corrected chi connectivity index (χ0v) is 12.2. The van der Waals surface area contributed by atoms with E-state index in [0.717, 1.165) is 44.8 Å². The monoisotopic (exact) mass is 255 g/mol. The Morgan fingerprint density at radius 1 is 1.44 bits per heavy atom. The number of carbonyl (C=O) groups excluding carboxylic acids is 1. The Morgan fingerprint density at radius 2 is 2.11 bits per heavy atom. The van der Waals surface area contributed by atoms with Crippen molar-refractivity contribution >= 4 is 5.91 Å². The zero-order chi connectivity index (χ0) is 13.6. The predicted octanol–water partition coefficient (Wildman–Crippen LogP) is 1.49. The van der Waals surface area contributed by atoms with E-state index in [9.17, 15) is 4.79 Å². The first kappa shape index (κ1) is 15.4. The van der Waals surface area contributed by atoms with E-state index in [2.05, 4.69) is 24.2 Å². The third-order valence-corrected chi connectivity index (χ3v) is 3.92. The van der Waals surface area contributed by atoms with Crippen LogP contribution in [0.5, 0.6) is 0 Å². The van der Waals surface area contributed by atoms with Crippen LogP contribution in [0, 0.1) is 0 Å². The average Bonchev–Trinajstić information content (AvgIpc) is 3.15. The summed E-state index contributed by atoms with van der Waals surface area (Å²) in [4.78, 5) is 14.0. The number of hydrogen-bond acceptors (Lipinski definition) is 3. The molecule has 106 valence electrons. The molecule has 0 aliphatic heterocycles. The highest BCUT2D eigenvalue weighted by Gasteiger charge is 2.30. The molecule has 0 heterocycles. The molecule has 1 unspecified atom stereocenters. The summed E-state index contributed by atoms with van der Waals surface area (Å²) < 4.78 is 0. The van der Waals surface area contributed by atoms with Gasteiger partial charge in [-0.1, -0.05) is 6.92 Å². The molecule has 0 bridgehead atoms. The van der Waals surface area contributed by atoms with E-state index in [1.807, 2.05) is 6.92 Å². The molecule has 4 nitrogen and oxygen atoms in total. The minimum absolute atomic E-state index is 0.230. The summed E-state index contributed by atoms with van der Waals surface area (Å²) >= 11 is 0. The lowest BCUT2D eigenvalue weighted by atomic mass is 9.93. The van der Waals surface area contributed by atoms with Crippen molar-refractivity contribution in [3.05, 3.63) is 0 Å². The van der Waals surface area contributed by atoms with Crippen molar-refractivity contribution in [2.45, 2.75) is 64.0 Å². The van der Waals surface area contributed by atoms with Gasteiger partial charge >= 0.3 is 0 Å². The van der Waals surface area contributed by atoms with Gasteiger partial charge in [0.05, 0.1) is 5.54 Å². The number of rotatable bonds is 10. The molecule has 0 aromatic carbocycles. The van der Waals surface area contributed by atoms with Crippen molar-refractivity contribution < 1.29 is 4.79 Å². The molecule has 0 radical (unpaired) electrons. The summed E-state index contributed by atoms with van der Waals surface area (Å²) in [6.45, 7) is 6.00. The van der Waals surface area contributed by atoms with E-state index in [0.29, 0.717) is 0 Å². The van der Waals surface area contributed by atoms with Crippen molar-refractivity contribution in [2.75, 3.05) is 20.1 Å². The van der Waals surface area contributed by atoms with E-state index < -0.39 is 5.54 Å². The van der Waals surface area contributed by atoms with Gasteiger partial charge in [-0.05, 0) is 65.6 Å². The van der Waals surface area contributed by atoms with Crippen LogP contribution in [0.2, 0.25) is 0 Å². The summed E-state index contributed by atoms with van der Waals surface area (Å²) in [5, 5.41) is 3.28. The molecule has 1 atom stereocenters. The Kier molecular flexibility index (Phi) is 6.09. The highest BCUT2D eigenvalue weighted by atomic mass is 16.1. The van der Waals surface area contributed by atoms with Gasteiger partial charge < -0.3 is 16.0 Å². The number of nitrogens with one attached hydrogen (secondary N) is 1. The van der Waals surface area contributed by atoms with Crippen LogP contribution in [0.4, 0.5) is 0 Å². The lowest BCUT2D eigenvalue weighted by Gasteiger charge is -2.27. The number of nitrogens with zero attached hydrogens (tertiary/aromatic N) is 1. The van der Waals surface area contributed by atoms with Crippen LogP contribution < -0.4 is 11.1 Å². The largest absolute Gasteiger partial charge is 0.368 e. The van der Waals surface area contributed by atoms with Gasteiger partial charge in [-0.25, -0.2) is 0 Å². The maximum absolute atomic E-state index is 11.5. The SMILES string of the molecule is CCCNC(C)(CCCCN(C)C1CC1)C(N)=O. The Balaban J connectivity index is 2.21. The van der Waals surface area contributed by atoms with Crippen LogP contribution in [0.15, 0.2) is 0 Å². The van der Waals surface area contributed by atoms with E-state index in [1.54, 1.807) is 0 Å². The highest BCUT2D eigenvalue weighted by molar-refractivity contribution is 5.84. The van der Waals surface area contributed by atoms with E-state index in [-0.39, 0.29) is 5.91 Å². The van der Waals surface area contributed by atoms with E-state index in [1.165, 1.54) is 12.8 Å². The standard InChI is InChI=1S/C14H29N3O/c1-4-10-16-14(2,13(15)18)9-5-6-11-17(3)12-7-8-12/h12,16H,4-11H2,1-3H3,(H2,15,18). The molecule has 0 aromatic rings. The molecular weight excluding hydrogens is 226 g/mol. The fourth-order valence-corrected chi connectivity index (χ4v) is 2.24. The van der Waals surface area contributed by atoms with Gasteiger partial charge in [0, 0.05) is 6.04 Å². The lowest BCUT2D eigenvalue weighted by molar-refractivity contribution is -0.124. The fraction of sp³-hybridized carbons (Fsp3) is 0.929. The van der Waals surface area contributed by atoms with Crippen LogP contribution in [0.1, 0.15) is 52.4 Å². The van der Waals surface area contributed by atoms with Crippen molar-refractivity contribution in [2.24, 2.45) is 5.73 Å². The molecule has 0 aromatic heterocycles. The van der Waals surface area contributed by atoms with E-state index in [4.69, 9.17) is 5.73 Å². The number of carbonyl (C=O) groups is 1. The Labute approximate surface area is 111 Å². The summed E-state index contributed by atoms with van der Waals surface area (Å²) in [5.74, 6) is -0.230. The van der Waals surface area contributed by atoms with Gasteiger partial charge in [0.15, 0.2) is 0 Å². The molecule has 1 aliphatic rings. The minimum Gasteiger partial charge on any atom is -0.368 e. The lowest BCUT2D eigenvalue weighted by Crippen LogP contribution is -2.53. The van der Waals surface area contributed by atoms with Crippen LogP contribution in [0.3, 0.4) is 0 Å². The second-order valence-electron chi connectivity index (χ2n) is 5.79. The second kappa shape index (κ2) is 7.10. The first-order valence-corrected chi connectivity index (χ1v) is 7.25. The first-order chi connectivity index (χ1) is 8.49. The van der Waals surface area contributed by atoms with Crippen LogP contribution in [-0.4, -0.2) is 42.5 Å². The summed E-state index contributed by atoms with van der Waals surface area (Å²) in [7, 11) is 2.19. The Hall–Kier alpha value is -0.610. The molecule has 0 saturated heterocycles. The molecule has 1 fully saturated rings. The van der Waals surface area contributed by atoms with Gasteiger partial charge in [-0.3, -0.25) is 4.79 Å². The number of nitrogens with two attached hydrogens (primary N) is 1. The number of primary amides is 1. The Bertz CT molecular complexity index is 266. The molecule has 3 N–H and O–H groups in total. The zero-order valence-electron chi connectivity index (χ0n) is 12.2. The molecule has 1 rings (SSSR count). The van der Waals surface area contributed by atoms with Gasteiger partial charge in [-0.15, -0.1) is 0 Å². The topological polar surface area (TPSA) is 58.4 Å². The number of unbranched alkanes of at least 4 members (excludes halogenated alkanes) is 1. The van der Waals surface area contributed by atoms with Gasteiger partial charge in [0.2, 0.25) is 5.91 Å². The number of amides is 1. The quantitative estimate of drug-likeness (QED) is 0.582. The molecule has 18 heavy (non-hydrogen) atoms. The molecule has 1 aliphatic carbocycles. The third kappa shape index (κ3) is 4.94. The smallest absolute Gasteiger partial charge is 0.237 e. The van der Waals surface area contributed by atoms with Crippen molar-refractivity contribution in [3.63, 3.8) is 0 Å². The molecule has 1 amide bonds.